The molecule has 1 aromatic carbocycles. The van der Waals surface area contributed by atoms with Crippen LogP contribution in [0.5, 0.6) is 0 Å². The Morgan fingerprint density at radius 3 is 2.42 bits per heavy atom. The van der Waals surface area contributed by atoms with Gasteiger partial charge in [0.15, 0.2) is 0 Å². The first-order valence-corrected chi connectivity index (χ1v) is 3.60. The van der Waals surface area contributed by atoms with Crippen LogP contribution < -0.4 is 0 Å². The molecule has 0 aromatic heterocycles. The van der Waals surface area contributed by atoms with E-state index < -0.39 is 0 Å². The maximum absolute atomic E-state index is 10.5. The van der Waals surface area contributed by atoms with Gasteiger partial charge in [-0.25, -0.2) is 0 Å². The van der Waals surface area contributed by atoms with E-state index in [1.54, 1.807) is 19.1 Å². The van der Waals surface area contributed by atoms with Crippen LogP contribution in [0, 0.1) is 30.9 Å². The van der Waals surface area contributed by atoms with E-state index in [2.05, 4.69) is 6.92 Å². The number of nitro benzene ring substituents is 1. The summed E-state index contributed by atoms with van der Waals surface area (Å²) >= 11 is 0. The van der Waals surface area contributed by atoms with Gasteiger partial charge in [-0.05, 0) is 38.0 Å². The van der Waals surface area contributed by atoms with Crippen molar-refractivity contribution in [3.63, 3.8) is 0 Å². The molecule has 0 N–H and O–H groups in total. The van der Waals surface area contributed by atoms with Crippen LogP contribution in [-0.2, 0) is 0 Å². The molecule has 12 heavy (non-hydrogen) atoms. The van der Waals surface area contributed by atoms with Crippen LogP contribution in [0.4, 0.5) is 5.69 Å². The SMILES string of the molecule is [CH2]c1cc(C)c([N+](=O)[O-])cc1C. The van der Waals surface area contributed by atoms with Crippen molar-refractivity contribution in [1.82, 2.24) is 0 Å². The largest absolute Gasteiger partial charge is 0.272 e. The van der Waals surface area contributed by atoms with E-state index in [0.29, 0.717) is 5.56 Å². The Hall–Kier alpha value is -1.38. The van der Waals surface area contributed by atoms with Crippen molar-refractivity contribution in [3.05, 3.63) is 45.9 Å². The number of rotatable bonds is 1. The highest BCUT2D eigenvalue weighted by molar-refractivity contribution is 5.47. The summed E-state index contributed by atoms with van der Waals surface area (Å²) in [6.07, 6.45) is 0. The minimum Gasteiger partial charge on any atom is -0.258 e. The second kappa shape index (κ2) is 2.93. The normalized spacial score (nSPS) is 9.92. The number of nitrogens with zero attached hydrogens (tertiary/aromatic N) is 1. The van der Waals surface area contributed by atoms with E-state index in [1.807, 2.05) is 6.92 Å². The van der Waals surface area contributed by atoms with Gasteiger partial charge in [-0.3, -0.25) is 10.1 Å². The Balaban J connectivity index is 3.33. The predicted molar refractivity (Wildman–Crippen MR) is 47.0 cm³/mol. The minimum atomic E-state index is -0.373. The molecular formula is C9H10NO2. The van der Waals surface area contributed by atoms with Gasteiger partial charge in [0.25, 0.3) is 5.69 Å². The van der Waals surface area contributed by atoms with E-state index in [-0.39, 0.29) is 10.6 Å². The molecular weight excluding hydrogens is 154 g/mol. The number of benzene rings is 1. The quantitative estimate of drug-likeness (QED) is 0.472. The van der Waals surface area contributed by atoms with Gasteiger partial charge in [-0.15, -0.1) is 0 Å². The van der Waals surface area contributed by atoms with Crippen LogP contribution in [0.25, 0.3) is 0 Å². The van der Waals surface area contributed by atoms with E-state index in [1.165, 1.54) is 0 Å². The van der Waals surface area contributed by atoms with Crippen molar-refractivity contribution < 1.29 is 4.92 Å². The van der Waals surface area contributed by atoms with E-state index in [4.69, 9.17) is 0 Å². The lowest BCUT2D eigenvalue weighted by molar-refractivity contribution is -0.385. The summed E-state index contributed by atoms with van der Waals surface area (Å²) in [4.78, 5) is 10.1. The lowest BCUT2D eigenvalue weighted by atomic mass is 10.1. The smallest absolute Gasteiger partial charge is 0.258 e. The first-order chi connectivity index (χ1) is 5.52. The third-order valence-electron chi connectivity index (χ3n) is 1.85. The average Bonchev–Trinajstić information content (AvgIpc) is 1.96. The molecule has 0 saturated heterocycles. The molecule has 0 saturated carbocycles. The summed E-state index contributed by atoms with van der Waals surface area (Å²) in [7, 11) is 0. The molecule has 0 aliphatic heterocycles. The molecule has 1 radical (unpaired) electrons. The topological polar surface area (TPSA) is 43.1 Å². The molecule has 0 amide bonds. The van der Waals surface area contributed by atoms with Crippen molar-refractivity contribution in [2.75, 3.05) is 0 Å². The summed E-state index contributed by atoms with van der Waals surface area (Å²) in [5.74, 6) is 0. The van der Waals surface area contributed by atoms with Gasteiger partial charge < -0.3 is 0 Å². The van der Waals surface area contributed by atoms with Crippen LogP contribution >= 0.6 is 0 Å². The van der Waals surface area contributed by atoms with Gasteiger partial charge in [0.1, 0.15) is 0 Å². The molecule has 0 fully saturated rings. The Morgan fingerprint density at radius 1 is 1.33 bits per heavy atom. The molecule has 3 nitrogen and oxygen atoms in total. The van der Waals surface area contributed by atoms with Crippen LogP contribution in [0.1, 0.15) is 16.7 Å². The fraction of sp³-hybridized carbons (Fsp3) is 0.222. The molecule has 1 rings (SSSR count). The van der Waals surface area contributed by atoms with Gasteiger partial charge in [0.2, 0.25) is 0 Å². The standard InChI is InChI=1S/C9H10NO2/c1-6-4-8(3)9(10(11)12)5-7(6)2/h4-5H,1H2,2-3H3. The lowest BCUT2D eigenvalue weighted by Crippen LogP contribution is -1.93. The highest BCUT2D eigenvalue weighted by atomic mass is 16.6. The monoisotopic (exact) mass is 164 g/mol. The van der Waals surface area contributed by atoms with Crippen LogP contribution in [0.2, 0.25) is 0 Å². The number of nitro groups is 1. The number of hydrogen-bond acceptors (Lipinski definition) is 2. The first kappa shape index (κ1) is 8.71. The Bertz CT molecular complexity index is 332. The van der Waals surface area contributed by atoms with Crippen molar-refractivity contribution in [3.8, 4) is 0 Å². The Labute approximate surface area is 71.2 Å². The Kier molecular flexibility index (Phi) is 2.13. The molecule has 0 atom stereocenters. The molecule has 3 heteroatoms. The fourth-order valence-corrected chi connectivity index (χ4v) is 1.06. The maximum Gasteiger partial charge on any atom is 0.272 e. The number of hydrogen-bond donors (Lipinski definition) is 0. The number of aryl methyl sites for hydroxylation is 2. The van der Waals surface area contributed by atoms with Gasteiger partial charge >= 0.3 is 0 Å². The van der Waals surface area contributed by atoms with Crippen LogP contribution in [0.15, 0.2) is 12.1 Å². The molecule has 1 aromatic rings. The van der Waals surface area contributed by atoms with Gasteiger partial charge in [-0.2, -0.15) is 0 Å². The van der Waals surface area contributed by atoms with Crippen LogP contribution in [0.3, 0.4) is 0 Å². The van der Waals surface area contributed by atoms with Gasteiger partial charge in [0.05, 0.1) is 4.92 Å². The Morgan fingerprint density at radius 2 is 1.92 bits per heavy atom. The lowest BCUT2D eigenvalue weighted by Gasteiger charge is -2.01. The predicted octanol–water partition coefficient (Wildman–Crippen LogP) is 2.39. The van der Waals surface area contributed by atoms with Gasteiger partial charge in [-0.1, -0.05) is 0 Å². The summed E-state index contributed by atoms with van der Waals surface area (Å²) in [6.45, 7) is 7.29. The summed E-state index contributed by atoms with van der Waals surface area (Å²) in [5.41, 5.74) is 2.53. The minimum absolute atomic E-state index is 0.167. The second-order valence-electron chi connectivity index (χ2n) is 2.82. The highest BCUT2D eigenvalue weighted by Crippen LogP contribution is 2.21. The summed E-state index contributed by atoms with van der Waals surface area (Å²) < 4.78 is 0. The molecule has 63 valence electrons. The molecule has 0 spiro atoms. The maximum atomic E-state index is 10.5. The first-order valence-electron chi connectivity index (χ1n) is 3.60. The zero-order valence-electron chi connectivity index (χ0n) is 7.13. The van der Waals surface area contributed by atoms with Gasteiger partial charge in [0, 0.05) is 11.6 Å². The molecule has 0 unspecified atom stereocenters. The molecule has 0 aliphatic carbocycles. The van der Waals surface area contributed by atoms with Crippen molar-refractivity contribution in [2.24, 2.45) is 0 Å². The zero-order valence-corrected chi connectivity index (χ0v) is 7.13. The molecule has 0 bridgehead atoms. The molecule has 0 aliphatic rings. The zero-order chi connectivity index (χ0) is 9.30. The van der Waals surface area contributed by atoms with E-state index in [9.17, 15) is 10.1 Å². The summed E-state index contributed by atoms with van der Waals surface area (Å²) in [6, 6.07) is 3.28. The fourth-order valence-electron chi connectivity index (χ4n) is 1.06. The highest BCUT2D eigenvalue weighted by Gasteiger charge is 2.10. The van der Waals surface area contributed by atoms with Crippen molar-refractivity contribution in [1.29, 1.82) is 0 Å². The third-order valence-corrected chi connectivity index (χ3v) is 1.85. The average molecular weight is 164 g/mol. The van der Waals surface area contributed by atoms with E-state index in [0.717, 1.165) is 11.1 Å². The van der Waals surface area contributed by atoms with Crippen LogP contribution in [-0.4, -0.2) is 4.92 Å². The molecule has 0 heterocycles. The van der Waals surface area contributed by atoms with Crippen molar-refractivity contribution >= 4 is 5.69 Å². The summed E-state index contributed by atoms with van der Waals surface area (Å²) in [5, 5.41) is 10.5. The third kappa shape index (κ3) is 1.44. The second-order valence-corrected chi connectivity index (χ2v) is 2.82. The van der Waals surface area contributed by atoms with Crippen molar-refractivity contribution in [2.45, 2.75) is 13.8 Å². The van der Waals surface area contributed by atoms with E-state index >= 15 is 0 Å².